The highest BCUT2D eigenvalue weighted by Crippen LogP contribution is 2.32. The topological polar surface area (TPSA) is 68.0 Å². The molecule has 1 aromatic carbocycles. The van der Waals surface area contributed by atoms with Gasteiger partial charge in [-0.1, -0.05) is 12.1 Å². The lowest BCUT2D eigenvalue weighted by molar-refractivity contribution is -0.137. The van der Waals surface area contributed by atoms with Crippen LogP contribution in [0.15, 0.2) is 70.7 Å². The number of nitrogens with one attached hydrogen (secondary N) is 1. The van der Waals surface area contributed by atoms with Gasteiger partial charge in [-0.05, 0) is 36.4 Å². The lowest BCUT2D eigenvalue weighted by Crippen LogP contribution is -2.22. The van der Waals surface area contributed by atoms with E-state index in [4.69, 9.17) is 4.42 Å². The Hall–Kier alpha value is -3.46. The summed E-state index contributed by atoms with van der Waals surface area (Å²) in [6.45, 7) is 0.203. The van der Waals surface area contributed by atoms with Gasteiger partial charge in [0.25, 0.3) is 5.91 Å². The van der Waals surface area contributed by atoms with E-state index in [-0.39, 0.29) is 23.6 Å². The molecule has 4 rings (SSSR count). The minimum Gasteiger partial charge on any atom is -0.451 e. The van der Waals surface area contributed by atoms with Crippen LogP contribution in [0.5, 0.6) is 0 Å². The number of amides is 1. The Balaban J connectivity index is 1.42. The first-order valence-corrected chi connectivity index (χ1v) is 9.68. The monoisotopic (exact) mass is 429 g/mol. The third-order valence-electron chi connectivity index (χ3n) is 4.23. The molecule has 5 nitrogen and oxygen atoms in total. The van der Waals surface area contributed by atoms with Crippen LogP contribution in [0.4, 0.5) is 13.2 Å². The van der Waals surface area contributed by atoms with Crippen LogP contribution >= 0.6 is 11.3 Å². The average molecular weight is 429 g/mol. The number of benzene rings is 1. The highest BCUT2D eigenvalue weighted by atomic mass is 32.1. The molecule has 0 spiro atoms. The number of hydrogen-bond donors (Lipinski definition) is 1. The Morgan fingerprint density at radius 2 is 1.87 bits per heavy atom. The molecule has 0 radical (unpaired) electrons. The van der Waals surface area contributed by atoms with Gasteiger partial charge in [-0.25, -0.2) is 4.98 Å². The summed E-state index contributed by atoms with van der Waals surface area (Å²) >= 11 is 1.40. The number of thiazole rings is 1. The molecule has 0 saturated carbocycles. The van der Waals surface area contributed by atoms with E-state index in [2.05, 4.69) is 15.3 Å². The SMILES string of the molecule is O=C(NCc1nc(-c2ccncc2)cs1)c1ccc(-c2cccc(C(F)(F)F)c2)o1. The van der Waals surface area contributed by atoms with Crippen LogP contribution in [0.3, 0.4) is 0 Å². The molecule has 0 atom stereocenters. The molecule has 0 bridgehead atoms. The normalized spacial score (nSPS) is 11.4. The van der Waals surface area contributed by atoms with Crippen LogP contribution in [-0.4, -0.2) is 15.9 Å². The number of carbonyl (C=O) groups excluding carboxylic acids is 1. The molecule has 0 fully saturated rings. The number of nitrogens with zero attached hydrogens (tertiary/aromatic N) is 2. The number of hydrogen-bond acceptors (Lipinski definition) is 5. The third-order valence-corrected chi connectivity index (χ3v) is 5.08. The van der Waals surface area contributed by atoms with Crippen molar-refractivity contribution in [3.63, 3.8) is 0 Å². The summed E-state index contributed by atoms with van der Waals surface area (Å²) in [5.41, 5.74) is 1.18. The van der Waals surface area contributed by atoms with E-state index in [0.29, 0.717) is 5.01 Å². The van der Waals surface area contributed by atoms with Crippen molar-refractivity contribution in [3.8, 4) is 22.6 Å². The Labute approximate surface area is 173 Å². The van der Waals surface area contributed by atoms with Crippen molar-refractivity contribution in [1.29, 1.82) is 0 Å². The van der Waals surface area contributed by atoms with E-state index in [0.717, 1.165) is 23.4 Å². The molecule has 152 valence electrons. The maximum atomic E-state index is 12.9. The zero-order valence-corrected chi connectivity index (χ0v) is 16.1. The van der Waals surface area contributed by atoms with Gasteiger partial charge in [0.1, 0.15) is 10.8 Å². The minimum absolute atomic E-state index is 0.00771. The van der Waals surface area contributed by atoms with Crippen LogP contribution < -0.4 is 5.32 Å². The molecular weight excluding hydrogens is 415 g/mol. The van der Waals surface area contributed by atoms with E-state index in [1.54, 1.807) is 12.4 Å². The second-order valence-corrected chi connectivity index (χ2v) is 7.23. The molecule has 1 N–H and O–H groups in total. The maximum Gasteiger partial charge on any atom is 0.416 e. The lowest BCUT2D eigenvalue weighted by atomic mass is 10.1. The predicted octanol–water partition coefficient (Wildman–Crippen LogP) is 5.41. The second-order valence-electron chi connectivity index (χ2n) is 6.29. The Kier molecular flexibility index (Phi) is 5.37. The molecule has 1 amide bonds. The van der Waals surface area contributed by atoms with Gasteiger partial charge in [-0.15, -0.1) is 11.3 Å². The standard InChI is InChI=1S/C21H14F3N3O2S/c22-21(23,24)15-3-1-2-14(10-15)17-4-5-18(29-17)20(28)26-11-19-27-16(12-30-19)13-6-8-25-9-7-13/h1-10,12H,11H2,(H,26,28). The zero-order valence-electron chi connectivity index (χ0n) is 15.3. The van der Waals surface area contributed by atoms with E-state index < -0.39 is 17.6 Å². The van der Waals surface area contributed by atoms with Crippen molar-refractivity contribution >= 4 is 17.2 Å². The summed E-state index contributed by atoms with van der Waals surface area (Å²) in [7, 11) is 0. The van der Waals surface area contributed by atoms with Crippen molar-refractivity contribution in [3.05, 3.63) is 82.6 Å². The number of carbonyl (C=O) groups is 1. The van der Waals surface area contributed by atoms with E-state index >= 15 is 0 Å². The number of halogens is 3. The van der Waals surface area contributed by atoms with Gasteiger partial charge < -0.3 is 9.73 Å². The fourth-order valence-electron chi connectivity index (χ4n) is 2.75. The van der Waals surface area contributed by atoms with E-state index in [9.17, 15) is 18.0 Å². The van der Waals surface area contributed by atoms with Gasteiger partial charge in [0, 0.05) is 28.9 Å². The summed E-state index contributed by atoms with van der Waals surface area (Å²) < 4.78 is 44.1. The predicted molar refractivity (Wildman–Crippen MR) is 106 cm³/mol. The first-order chi connectivity index (χ1) is 14.4. The van der Waals surface area contributed by atoms with E-state index in [1.165, 1.54) is 35.6 Å². The van der Waals surface area contributed by atoms with Gasteiger partial charge in [-0.3, -0.25) is 9.78 Å². The summed E-state index contributed by atoms with van der Waals surface area (Å²) in [6, 6.07) is 11.3. The number of furan rings is 1. The van der Waals surface area contributed by atoms with Crippen LogP contribution in [0.1, 0.15) is 21.1 Å². The largest absolute Gasteiger partial charge is 0.451 e. The molecule has 0 saturated heterocycles. The first kappa shape index (κ1) is 19.8. The summed E-state index contributed by atoms with van der Waals surface area (Å²) in [5, 5.41) is 5.30. The summed E-state index contributed by atoms with van der Waals surface area (Å²) in [5.74, 6) is -0.289. The zero-order chi connectivity index (χ0) is 21.1. The quantitative estimate of drug-likeness (QED) is 0.460. The van der Waals surface area contributed by atoms with Crippen molar-refractivity contribution in [2.75, 3.05) is 0 Å². The number of alkyl halides is 3. The number of aromatic nitrogens is 2. The van der Waals surface area contributed by atoms with Gasteiger partial charge in [0.15, 0.2) is 5.76 Å². The van der Waals surface area contributed by atoms with Crippen LogP contribution in [-0.2, 0) is 12.7 Å². The van der Waals surface area contributed by atoms with Gasteiger partial charge in [0.05, 0.1) is 17.8 Å². The van der Waals surface area contributed by atoms with Crippen LogP contribution in [0, 0.1) is 0 Å². The number of pyridine rings is 1. The Bertz CT molecular complexity index is 1170. The van der Waals surface area contributed by atoms with Gasteiger partial charge in [0.2, 0.25) is 0 Å². The molecule has 0 aliphatic rings. The van der Waals surface area contributed by atoms with Crippen LogP contribution in [0.2, 0.25) is 0 Å². The van der Waals surface area contributed by atoms with Gasteiger partial charge in [-0.2, -0.15) is 13.2 Å². The van der Waals surface area contributed by atoms with Crippen molar-refractivity contribution in [2.45, 2.75) is 12.7 Å². The van der Waals surface area contributed by atoms with Gasteiger partial charge >= 0.3 is 6.18 Å². The first-order valence-electron chi connectivity index (χ1n) is 8.80. The highest BCUT2D eigenvalue weighted by molar-refractivity contribution is 7.09. The molecule has 4 aromatic rings. The van der Waals surface area contributed by atoms with Crippen molar-refractivity contribution in [2.24, 2.45) is 0 Å². The van der Waals surface area contributed by atoms with E-state index in [1.807, 2.05) is 17.5 Å². The summed E-state index contributed by atoms with van der Waals surface area (Å²) in [6.07, 6.45) is -1.10. The lowest BCUT2D eigenvalue weighted by Gasteiger charge is -2.07. The fraction of sp³-hybridized carbons (Fsp3) is 0.0952. The molecule has 0 aliphatic heterocycles. The molecule has 3 heterocycles. The van der Waals surface area contributed by atoms with Crippen molar-refractivity contribution < 1.29 is 22.4 Å². The third kappa shape index (κ3) is 4.41. The molecule has 9 heteroatoms. The molecular formula is C21H14F3N3O2S. The smallest absolute Gasteiger partial charge is 0.416 e. The minimum atomic E-state index is -4.45. The van der Waals surface area contributed by atoms with Crippen LogP contribution in [0.25, 0.3) is 22.6 Å². The average Bonchev–Trinajstić information content (AvgIpc) is 3.42. The molecule has 3 aromatic heterocycles. The Morgan fingerprint density at radius 3 is 2.63 bits per heavy atom. The molecule has 30 heavy (non-hydrogen) atoms. The highest BCUT2D eigenvalue weighted by Gasteiger charge is 2.30. The molecule has 0 aliphatic carbocycles. The number of rotatable bonds is 5. The summed E-state index contributed by atoms with van der Waals surface area (Å²) in [4.78, 5) is 20.8. The Morgan fingerprint density at radius 1 is 1.07 bits per heavy atom. The maximum absolute atomic E-state index is 12.9. The van der Waals surface area contributed by atoms with Crippen molar-refractivity contribution in [1.82, 2.24) is 15.3 Å². The fourth-order valence-corrected chi connectivity index (χ4v) is 3.50. The molecule has 0 unspecified atom stereocenters. The second kappa shape index (κ2) is 8.11.